The molecule has 86 valence electrons. The Bertz CT molecular complexity index is 103. The first-order chi connectivity index (χ1) is 6.85. The van der Waals surface area contributed by atoms with E-state index in [4.69, 9.17) is 9.47 Å². The Morgan fingerprint density at radius 1 is 1.00 bits per heavy atom. The van der Waals surface area contributed by atoms with Crippen LogP contribution in [-0.2, 0) is 9.47 Å². The number of hydrogen-bond donors (Lipinski definition) is 1. The van der Waals surface area contributed by atoms with Crippen molar-refractivity contribution in [1.82, 2.24) is 5.32 Å². The molecule has 0 amide bonds. The Labute approximate surface area is 88.2 Å². The van der Waals surface area contributed by atoms with Gasteiger partial charge in [-0.15, -0.1) is 0 Å². The molecule has 0 unspecified atom stereocenters. The lowest BCUT2D eigenvalue weighted by molar-refractivity contribution is -0.138. The van der Waals surface area contributed by atoms with Crippen LogP contribution in [0, 0.1) is 0 Å². The maximum atomic E-state index is 5.43. The van der Waals surface area contributed by atoms with E-state index in [0.717, 1.165) is 32.7 Å². The van der Waals surface area contributed by atoms with Gasteiger partial charge in [-0.3, -0.25) is 0 Å². The molecule has 1 N–H and O–H groups in total. The highest BCUT2D eigenvalue weighted by Crippen LogP contribution is 1.99. The zero-order valence-corrected chi connectivity index (χ0v) is 9.84. The quantitative estimate of drug-likeness (QED) is 0.436. The molecule has 0 aliphatic heterocycles. The van der Waals surface area contributed by atoms with Crippen molar-refractivity contribution in [2.75, 3.05) is 26.3 Å². The third kappa shape index (κ3) is 8.48. The Hall–Kier alpha value is -0.120. The zero-order chi connectivity index (χ0) is 10.6. The molecule has 0 radical (unpaired) electrons. The molecule has 0 saturated heterocycles. The summed E-state index contributed by atoms with van der Waals surface area (Å²) in [5.41, 5.74) is 0. The normalized spacial score (nSPS) is 11.1. The average Bonchev–Trinajstić information content (AvgIpc) is 2.18. The van der Waals surface area contributed by atoms with Crippen LogP contribution >= 0.6 is 0 Å². The van der Waals surface area contributed by atoms with Crippen LogP contribution in [0.4, 0.5) is 0 Å². The molecule has 3 nitrogen and oxygen atoms in total. The number of rotatable bonds is 10. The van der Waals surface area contributed by atoms with Crippen LogP contribution in [0.1, 0.15) is 40.0 Å². The van der Waals surface area contributed by atoms with Gasteiger partial charge in [0, 0.05) is 19.6 Å². The van der Waals surface area contributed by atoms with Gasteiger partial charge in [-0.2, -0.15) is 0 Å². The first kappa shape index (κ1) is 13.9. The van der Waals surface area contributed by atoms with Gasteiger partial charge < -0.3 is 14.8 Å². The molecule has 0 fully saturated rings. The fraction of sp³-hybridized carbons (Fsp3) is 1.00. The van der Waals surface area contributed by atoms with Gasteiger partial charge >= 0.3 is 0 Å². The second kappa shape index (κ2) is 11.0. The van der Waals surface area contributed by atoms with Crippen molar-refractivity contribution in [1.29, 1.82) is 0 Å². The smallest absolute Gasteiger partial charge is 0.158 e. The molecule has 0 saturated carbocycles. The molecule has 0 aromatic rings. The molecular formula is C11H25NO2. The third-order valence-electron chi connectivity index (χ3n) is 1.97. The molecule has 0 heterocycles. The number of hydrogen-bond acceptors (Lipinski definition) is 3. The standard InChI is InChI=1S/C11H25NO2/c1-4-7-9-12-10-8-11(13-5-2)14-6-3/h11-12H,4-10H2,1-3H3. The summed E-state index contributed by atoms with van der Waals surface area (Å²) in [7, 11) is 0. The van der Waals surface area contributed by atoms with E-state index in [1.807, 2.05) is 13.8 Å². The molecule has 0 aliphatic rings. The van der Waals surface area contributed by atoms with Gasteiger partial charge in [0.15, 0.2) is 6.29 Å². The van der Waals surface area contributed by atoms with Gasteiger partial charge in [-0.1, -0.05) is 13.3 Å². The maximum absolute atomic E-state index is 5.43. The molecule has 0 atom stereocenters. The minimum atomic E-state index is -0.0286. The van der Waals surface area contributed by atoms with Crippen molar-refractivity contribution in [2.45, 2.75) is 46.3 Å². The van der Waals surface area contributed by atoms with Gasteiger partial charge in [0.1, 0.15) is 0 Å². The van der Waals surface area contributed by atoms with Crippen LogP contribution in [0.2, 0.25) is 0 Å². The van der Waals surface area contributed by atoms with Crippen molar-refractivity contribution in [3.05, 3.63) is 0 Å². The van der Waals surface area contributed by atoms with Gasteiger partial charge in [0.2, 0.25) is 0 Å². The van der Waals surface area contributed by atoms with E-state index in [0.29, 0.717) is 0 Å². The minimum Gasteiger partial charge on any atom is -0.353 e. The van der Waals surface area contributed by atoms with E-state index in [-0.39, 0.29) is 6.29 Å². The number of ether oxygens (including phenoxy) is 2. The zero-order valence-electron chi connectivity index (χ0n) is 9.84. The van der Waals surface area contributed by atoms with Gasteiger partial charge in [0.25, 0.3) is 0 Å². The van der Waals surface area contributed by atoms with Gasteiger partial charge in [-0.25, -0.2) is 0 Å². The monoisotopic (exact) mass is 203 g/mol. The number of nitrogens with one attached hydrogen (secondary N) is 1. The maximum Gasteiger partial charge on any atom is 0.158 e. The summed E-state index contributed by atoms with van der Waals surface area (Å²) in [5, 5.41) is 3.37. The molecular weight excluding hydrogens is 178 g/mol. The predicted octanol–water partition coefficient (Wildman–Crippen LogP) is 2.17. The van der Waals surface area contributed by atoms with Crippen molar-refractivity contribution >= 4 is 0 Å². The van der Waals surface area contributed by atoms with Gasteiger partial charge in [0.05, 0.1) is 0 Å². The Morgan fingerprint density at radius 2 is 1.64 bits per heavy atom. The molecule has 0 bridgehead atoms. The molecule has 0 aromatic heterocycles. The summed E-state index contributed by atoms with van der Waals surface area (Å²) in [6.45, 7) is 9.71. The van der Waals surface area contributed by atoms with E-state index in [1.165, 1.54) is 12.8 Å². The van der Waals surface area contributed by atoms with Crippen molar-refractivity contribution in [3.8, 4) is 0 Å². The van der Waals surface area contributed by atoms with Crippen molar-refractivity contribution in [3.63, 3.8) is 0 Å². The Balaban J connectivity index is 3.30. The van der Waals surface area contributed by atoms with Crippen LogP contribution in [0.25, 0.3) is 0 Å². The highest BCUT2D eigenvalue weighted by atomic mass is 16.7. The molecule has 14 heavy (non-hydrogen) atoms. The molecule has 3 heteroatoms. The Kier molecular flexibility index (Phi) is 10.9. The summed E-state index contributed by atoms with van der Waals surface area (Å²) in [6, 6.07) is 0. The summed E-state index contributed by atoms with van der Waals surface area (Å²) < 4.78 is 10.9. The van der Waals surface area contributed by atoms with E-state index in [1.54, 1.807) is 0 Å². The number of unbranched alkanes of at least 4 members (excludes halogenated alkanes) is 1. The first-order valence-electron chi connectivity index (χ1n) is 5.79. The summed E-state index contributed by atoms with van der Waals surface area (Å²) in [5.74, 6) is 0. The average molecular weight is 203 g/mol. The summed E-state index contributed by atoms with van der Waals surface area (Å²) in [4.78, 5) is 0. The van der Waals surface area contributed by atoms with Crippen LogP contribution in [-0.4, -0.2) is 32.6 Å². The largest absolute Gasteiger partial charge is 0.353 e. The van der Waals surface area contributed by atoms with E-state index in [9.17, 15) is 0 Å². The molecule has 0 aliphatic carbocycles. The van der Waals surface area contributed by atoms with Crippen LogP contribution in [0.3, 0.4) is 0 Å². The third-order valence-corrected chi connectivity index (χ3v) is 1.97. The first-order valence-corrected chi connectivity index (χ1v) is 5.79. The SMILES string of the molecule is CCCCNCCC(OCC)OCC. The highest BCUT2D eigenvalue weighted by Gasteiger charge is 2.06. The fourth-order valence-electron chi connectivity index (χ4n) is 1.23. The lowest BCUT2D eigenvalue weighted by Gasteiger charge is -2.16. The van der Waals surface area contributed by atoms with Crippen LogP contribution in [0.5, 0.6) is 0 Å². The Morgan fingerprint density at radius 3 is 2.14 bits per heavy atom. The summed E-state index contributed by atoms with van der Waals surface area (Å²) >= 11 is 0. The highest BCUT2D eigenvalue weighted by molar-refractivity contribution is 4.51. The predicted molar refractivity (Wildman–Crippen MR) is 59.4 cm³/mol. The van der Waals surface area contributed by atoms with E-state index < -0.39 is 0 Å². The molecule has 0 spiro atoms. The van der Waals surface area contributed by atoms with E-state index in [2.05, 4.69) is 12.2 Å². The van der Waals surface area contributed by atoms with Crippen molar-refractivity contribution < 1.29 is 9.47 Å². The second-order valence-electron chi connectivity index (χ2n) is 3.23. The molecule has 0 aromatic carbocycles. The summed E-state index contributed by atoms with van der Waals surface area (Å²) in [6.07, 6.45) is 3.39. The minimum absolute atomic E-state index is 0.0286. The second-order valence-corrected chi connectivity index (χ2v) is 3.23. The molecule has 0 rings (SSSR count). The topological polar surface area (TPSA) is 30.5 Å². The van der Waals surface area contributed by atoms with Crippen molar-refractivity contribution in [2.24, 2.45) is 0 Å². The lowest BCUT2D eigenvalue weighted by atomic mass is 10.3. The van der Waals surface area contributed by atoms with Crippen LogP contribution < -0.4 is 5.32 Å². The fourth-order valence-corrected chi connectivity index (χ4v) is 1.23. The van der Waals surface area contributed by atoms with Crippen LogP contribution in [0.15, 0.2) is 0 Å². The van der Waals surface area contributed by atoms with E-state index >= 15 is 0 Å². The van der Waals surface area contributed by atoms with Gasteiger partial charge in [-0.05, 0) is 33.4 Å². The lowest BCUT2D eigenvalue weighted by Crippen LogP contribution is -2.25.